The minimum atomic E-state index is -1.69. The van der Waals surface area contributed by atoms with Crippen molar-refractivity contribution < 1.29 is 28.5 Å². The number of methoxy groups -OCH3 is 1. The highest BCUT2D eigenvalue weighted by Crippen LogP contribution is 2.33. The molecule has 1 aliphatic rings. The summed E-state index contributed by atoms with van der Waals surface area (Å²) in [5.74, 6) is -0.142. The summed E-state index contributed by atoms with van der Waals surface area (Å²) in [6.45, 7) is 0.373. The first-order chi connectivity index (χ1) is 16.5. The maximum absolute atomic E-state index is 13.3. The smallest absolute Gasteiger partial charge is 0.309 e. The Balaban J connectivity index is 1.47. The average molecular weight is 482 g/mol. The van der Waals surface area contributed by atoms with Crippen LogP contribution in [0.25, 0.3) is 0 Å². The van der Waals surface area contributed by atoms with Gasteiger partial charge in [0.2, 0.25) is 5.88 Å². The summed E-state index contributed by atoms with van der Waals surface area (Å²) >= 11 is 0. The van der Waals surface area contributed by atoms with Crippen molar-refractivity contribution in [3.63, 3.8) is 0 Å². The van der Waals surface area contributed by atoms with Gasteiger partial charge in [-0.05, 0) is 41.3 Å². The van der Waals surface area contributed by atoms with Crippen LogP contribution in [0, 0.1) is 0 Å². The molecular weight excluding hydrogens is 458 g/mol. The maximum atomic E-state index is 13.3. The summed E-state index contributed by atoms with van der Waals surface area (Å²) in [6.07, 6.45) is 2.23. The number of ether oxygens (including phenoxy) is 2. The first-order valence-electron chi connectivity index (χ1n) is 10.5. The third-order valence-corrected chi connectivity index (χ3v) is 6.91. The maximum Gasteiger partial charge on any atom is 0.309 e. The van der Waals surface area contributed by atoms with E-state index in [0.717, 1.165) is 11.1 Å². The van der Waals surface area contributed by atoms with Crippen molar-refractivity contribution in [3.8, 4) is 11.6 Å². The van der Waals surface area contributed by atoms with Gasteiger partial charge in [0.25, 0.3) is 5.91 Å². The molecule has 0 bridgehead atoms. The molecule has 10 heteroatoms. The van der Waals surface area contributed by atoms with Gasteiger partial charge in [-0.3, -0.25) is 14.8 Å². The molecule has 2 aromatic carbocycles. The Hall–Kier alpha value is -3.60. The summed E-state index contributed by atoms with van der Waals surface area (Å²) in [5.41, 5.74) is 4.17. The molecule has 1 amide bonds. The Bertz CT molecular complexity index is 1200. The molecule has 0 saturated carbocycles. The van der Waals surface area contributed by atoms with Gasteiger partial charge in [-0.15, -0.1) is 0 Å². The molecule has 34 heavy (non-hydrogen) atoms. The van der Waals surface area contributed by atoms with Gasteiger partial charge in [0, 0.05) is 18.8 Å². The van der Waals surface area contributed by atoms with Crippen molar-refractivity contribution in [2.45, 2.75) is 23.8 Å². The fraction of sp³-hybridized carbons (Fsp3) is 0.208. The number of nitrogens with one attached hydrogen (secondary N) is 1. The lowest BCUT2D eigenvalue weighted by molar-refractivity contribution is -0.139. The molecule has 176 valence electrons. The highest BCUT2D eigenvalue weighted by molar-refractivity contribution is 7.82. The van der Waals surface area contributed by atoms with Crippen LogP contribution in [0.5, 0.6) is 11.6 Å². The number of esters is 1. The van der Waals surface area contributed by atoms with E-state index in [1.165, 1.54) is 17.6 Å². The predicted octanol–water partition coefficient (Wildman–Crippen LogP) is 2.72. The molecular formula is C24H23N3O6S. The highest BCUT2D eigenvalue weighted by atomic mass is 32.2. The number of nitrogens with zero attached hydrogens (tertiary/aromatic N) is 2. The number of hydroxylamine groups is 1. The predicted molar refractivity (Wildman–Crippen MR) is 122 cm³/mol. The molecule has 0 fully saturated rings. The van der Waals surface area contributed by atoms with E-state index in [0.29, 0.717) is 35.1 Å². The van der Waals surface area contributed by atoms with E-state index in [-0.39, 0.29) is 12.4 Å². The van der Waals surface area contributed by atoms with Crippen molar-refractivity contribution in [2.75, 3.05) is 13.7 Å². The second-order valence-corrected chi connectivity index (χ2v) is 8.99. The fourth-order valence-electron chi connectivity index (χ4n) is 3.76. The lowest BCUT2D eigenvalue weighted by atomic mass is 9.94. The van der Waals surface area contributed by atoms with Crippen molar-refractivity contribution >= 4 is 22.9 Å². The van der Waals surface area contributed by atoms with Crippen LogP contribution in [-0.2, 0) is 38.2 Å². The van der Waals surface area contributed by atoms with Gasteiger partial charge < -0.3 is 9.47 Å². The zero-order chi connectivity index (χ0) is 24.1. The minimum Gasteiger partial charge on any atom is -0.469 e. The lowest BCUT2D eigenvalue weighted by Crippen LogP contribution is -2.44. The molecule has 2 N–H and O–H groups in total. The van der Waals surface area contributed by atoms with Crippen molar-refractivity contribution in [1.82, 2.24) is 14.8 Å². The molecule has 3 aromatic rings. The van der Waals surface area contributed by atoms with Crippen LogP contribution in [0.1, 0.15) is 22.7 Å². The number of carbonyl (C=O) groups excluding carboxylic acids is 2. The number of rotatable bonds is 7. The Kier molecular flexibility index (Phi) is 7.31. The van der Waals surface area contributed by atoms with Crippen molar-refractivity contribution in [1.29, 1.82) is 0 Å². The molecule has 0 saturated heterocycles. The van der Waals surface area contributed by atoms with E-state index in [4.69, 9.17) is 4.74 Å². The van der Waals surface area contributed by atoms with E-state index >= 15 is 0 Å². The van der Waals surface area contributed by atoms with Gasteiger partial charge in [-0.2, -0.15) is 0 Å². The lowest BCUT2D eigenvalue weighted by Gasteiger charge is -2.34. The summed E-state index contributed by atoms with van der Waals surface area (Å²) < 4.78 is 25.2. The largest absolute Gasteiger partial charge is 0.469 e. The van der Waals surface area contributed by atoms with Crippen molar-refractivity contribution in [2.24, 2.45) is 0 Å². The van der Waals surface area contributed by atoms with Crippen LogP contribution >= 0.6 is 0 Å². The first-order valence-corrected chi connectivity index (χ1v) is 11.6. The van der Waals surface area contributed by atoms with Gasteiger partial charge in [0.05, 0.1) is 18.4 Å². The quantitative estimate of drug-likeness (QED) is 0.303. The van der Waals surface area contributed by atoms with Crippen LogP contribution in [0.3, 0.4) is 0 Å². The van der Waals surface area contributed by atoms with Gasteiger partial charge in [0.15, 0.2) is 0 Å². The fourth-order valence-corrected chi connectivity index (χ4v) is 5.01. The van der Waals surface area contributed by atoms with Gasteiger partial charge in [0.1, 0.15) is 22.8 Å². The molecule has 9 nitrogen and oxygen atoms in total. The summed E-state index contributed by atoms with van der Waals surface area (Å²) in [5, 5.41) is 9.26. The SMILES string of the molecule is COC(=O)Cc1ccc(Oc2ccc(S(=O)N3CCc4ccccc4C3C(=O)NO)cn2)cc1. The van der Waals surface area contributed by atoms with Gasteiger partial charge >= 0.3 is 5.97 Å². The number of amides is 1. The normalized spacial score (nSPS) is 16.2. The second kappa shape index (κ2) is 10.6. The van der Waals surface area contributed by atoms with Crippen LogP contribution in [0.4, 0.5) is 0 Å². The molecule has 4 rings (SSSR count). The molecule has 0 aliphatic carbocycles. The molecule has 2 atom stereocenters. The average Bonchev–Trinajstić information content (AvgIpc) is 2.88. The standard InChI is InChI=1S/C24H23N3O6S/c1-32-22(28)14-16-6-8-18(9-7-16)33-21-11-10-19(15-25-21)34(31)27-13-12-17-4-2-3-5-20(17)23(27)24(29)26-30/h2-11,15,23,30H,12-14H2,1H3,(H,26,29). The molecule has 0 spiro atoms. The van der Waals surface area contributed by atoms with E-state index in [9.17, 15) is 19.0 Å². The van der Waals surface area contributed by atoms with E-state index in [2.05, 4.69) is 9.72 Å². The number of fused-ring (bicyclic) bond motifs is 1. The Morgan fingerprint density at radius 2 is 1.91 bits per heavy atom. The number of hydrogen-bond donors (Lipinski definition) is 2. The number of carbonyl (C=O) groups is 2. The van der Waals surface area contributed by atoms with E-state index < -0.39 is 22.9 Å². The third-order valence-electron chi connectivity index (χ3n) is 5.44. The Morgan fingerprint density at radius 1 is 1.15 bits per heavy atom. The molecule has 1 aromatic heterocycles. The topological polar surface area (TPSA) is 118 Å². The molecule has 2 heterocycles. The van der Waals surface area contributed by atoms with Crippen LogP contribution < -0.4 is 10.2 Å². The summed E-state index contributed by atoms with van der Waals surface area (Å²) in [7, 11) is -0.353. The minimum absolute atomic E-state index is 0.172. The zero-order valence-electron chi connectivity index (χ0n) is 18.3. The number of benzene rings is 2. The zero-order valence-corrected chi connectivity index (χ0v) is 19.2. The number of pyridine rings is 1. The van der Waals surface area contributed by atoms with Crippen LogP contribution in [0.15, 0.2) is 71.8 Å². The van der Waals surface area contributed by atoms with Gasteiger partial charge in [-0.25, -0.2) is 19.0 Å². The Morgan fingerprint density at radius 3 is 2.59 bits per heavy atom. The van der Waals surface area contributed by atoms with Crippen molar-refractivity contribution in [3.05, 3.63) is 83.6 Å². The highest BCUT2D eigenvalue weighted by Gasteiger charge is 2.36. The number of hydrogen-bond acceptors (Lipinski definition) is 7. The van der Waals surface area contributed by atoms with Crippen LogP contribution in [-0.4, -0.2) is 44.2 Å². The molecule has 1 aliphatic heterocycles. The van der Waals surface area contributed by atoms with E-state index in [1.54, 1.807) is 54.0 Å². The molecule has 0 radical (unpaired) electrons. The van der Waals surface area contributed by atoms with E-state index in [1.807, 2.05) is 12.1 Å². The first kappa shape index (κ1) is 23.6. The summed E-state index contributed by atoms with van der Waals surface area (Å²) in [6, 6.07) is 16.7. The van der Waals surface area contributed by atoms with Gasteiger partial charge in [-0.1, -0.05) is 36.4 Å². The number of aromatic nitrogens is 1. The molecule has 2 unspecified atom stereocenters. The van der Waals surface area contributed by atoms with Crippen LogP contribution in [0.2, 0.25) is 0 Å². The Labute approximate surface area is 198 Å². The second-order valence-electron chi connectivity index (χ2n) is 7.55. The monoisotopic (exact) mass is 481 g/mol. The third kappa shape index (κ3) is 5.14. The summed E-state index contributed by atoms with van der Waals surface area (Å²) in [4.78, 5) is 28.4.